The van der Waals surface area contributed by atoms with Crippen LogP contribution in [0.25, 0.3) is 0 Å². The molecule has 0 nitrogen and oxygen atoms in total. The molecule has 13 heavy (non-hydrogen) atoms. The molecule has 0 N–H and O–H groups in total. The number of hydrogen-bond donors (Lipinski definition) is 0. The van der Waals surface area contributed by atoms with Crippen LogP contribution in [0.2, 0.25) is 0 Å². The highest BCUT2D eigenvalue weighted by atomic mass is 79.9. The van der Waals surface area contributed by atoms with E-state index in [2.05, 4.69) is 53.7 Å². The van der Waals surface area contributed by atoms with Gasteiger partial charge in [-0.1, -0.05) is 52.3 Å². The van der Waals surface area contributed by atoms with Crippen LogP contribution in [-0.2, 0) is 6.42 Å². The highest BCUT2D eigenvalue weighted by Crippen LogP contribution is 2.13. The van der Waals surface area contributed by atoms with Crippen molar-refractivity contribution >= 4 is 15.9 Å². The van der Waals surface area contributed by atoms with Crippen LogP contribution in [0.3, 0.4) is 0 Å². The van der Waals surface area contributed by atoms with Crippen molar-refractivity contribution in [3.63, 3.8) is 0 Å². The van der Waals surface area contributed by atoms with Gasteiger partial charge in [0.15, 0.2) is 0 Å². The van der Waals surface area contributed by atoms with Gasteiger partial charge in [-0.05, 0) is 36.2 Å². The standard InChI is InChI=1S/C12H15Br/c1-10-5-3-7-12(9-10)8-4-6-11(2)13/h3,5,7,9H,2,4,6,8H2,1H3. The van der Waals surface area contributed by atoms with Crippen LogP contribution in [0.15, 0.2) is 35.3 Å². The molecular formula is C12H15Br. The predicted molar refractivity (Wildman–Crippen MR) is 62.2 cm³/mol. The Morgan fingerprint density at radius 2 is 2.23 bits per heavy atom. The molecule has 0 amide bonds. The molecule has 0 atom stereocenters. The molecule has 70 valence electrons. The molecule has 0 aliphatic carbocycles. The first kappa shape index (κ1) is 10.5. The maximum Gasteiger partial charge on any atom is -0.0121 e. The Hall–Kier alpha value is -0.560. The number of benzene rings is 1. The van der Waals surface area contributed by atoms with Gasteiger partial charge in [-0.15, -0.1) is 0 Å². The molecule has 0 aliphatic heterocycles. The minimum Gasteiger partial charge on any atom is -0.0889 e. The first-order valence-corrected chi connectivity index (χ1v) is 5.36. The molecule has 1 heteroatoms. The molecule has 0 saturated carbocycles. The van der Waals surface area contributed by atoms with Crippen molar-refractivity contribution in [2.45, 2.75) is 26.2 Å². The molecule has 0 spiro atoms. The van der Waals surface area contributed by atoms with Crippen LogP contribution in [0, 0.1) is 6.92 Å². The van der Waals surface area contributed by atoms with E-state index in [1.54, 1.807) is 0 Å². The number of rotatable bonds is 4. The molecule has 0 radical (unpaired) electrons. The highest BCUT2D eigenvalue weighted by Gasteiger charge is 1.94. The van der Waals surface area contributed by atoms with Crippen molar-refractivity contribution in [1.82, 2.24) is 0 Å². The Morgan fingerprint density at radius 1 is 1.46 bits per heavy atom. The summed E-state index contributed by atoms with van der Waals surface area (Å²) < 4.78 is 1.10. The van der Waals surface area contributed by atoms with Gasteiger partial charge in [-0.2, -0.15) is 0 Å². The van der Waals surface area contributed by atoms with Gasteiger partial charge in [0, 0.05) is 0 Å². The van der Waals surface area contributed by atoms with Gasteiger partial charge in [0.2, 0.25) is 0 Å². The van der Waals surface area contributed by atoms with Gasteiger partial charge in [-0.3, -0.25) is 0 Å². The lowest BCUT2D eigenvalue weighted by molar-refractivity contribution is 0.838. The van der Waals surface area contributed by atoms with Crippen LogP contribution in [0.5, 0.6) is 0 Å². The Kier molecular flexibility index (Phi) is 4.23. The van der Waals surface area contributed by atoms with E-state index in [-0.39, 0.29) is 0 Å². The summed E-state index contributed by atoms with van der Waals surface area (Å²) in [6.07, 6.45) is 3.38. The summed E-state index contributed by atoms with van der Waals surface area (Å²) in [5, 5.41) is 0. The van der Waals surface area contributed by atoms with Crippen LogP contribution in [0.4, 0.5) is 0 Å². The fourth-order valence-electron chi connectivity index (χ4n) is 1.35. The maximum atomic E-state index is 3.82. The summed E-state index contributed by atoms with van der Waals surface area (Å²) in [6.45, 7) is 5.95. The average Bonchev–Trinajstić information content (AvgIpc) is 2.03. The fourth-order valence-corrected chi connectivity index (χ4v) is 1.63. The summed E-state index contributed by atoms with van der Waals surface area (Å²) in [4.78, 5) is 0. The van der Waals surface area contributed by atoms with Crippen molar-refractivity contribution in [2.75, 3.05) is 0 Å². The first-order chi connectivity index (χ1) is 6.18. The lowest BCUT2D eigenvalue weighted by atomic mass is 10.1. The lowest BCUT2D eigenvalue weighted by Gasteiger charge is -2.01. The van der Waals surface area contributed by atoms with Crippen LogP contribution in [0.1, 0.15) is 24.0 Å². The van der Waals surface area contributed by atoms with Crippen LogP contribution < -0.4 is 0 Å². The minimum atomic E-state index is 1.06. The number of allylic oxidation sites excluding steroid dienone is 1. The fraction of sp³-hybridized carbons (Fsp3) is 0.333. The molecule has 0 aliphatic rings. The molecule has 0 heterocycles. The molecule has 0 unspecified atom stereocenters. The molecule has 0 fully saturated rings. The predicted octanol–water partition coefficient (Wildman–Crippen LogP) is 4.23. The van der Waals surface area contributed by atoms with Crippen LogP contribution >= 0.6 is 15.9 Å². The first-order valence-electron chi connectivity index (χ1n) is 4.57. The van der Waals surface area contributed by atoms with E-state index >= 15 is 0 Å². The molecule has 0 bridgehead atoms. The summed E-state index contributed by atoms with van der Waals surface area (Å²) in [5.41, 5.74) is 2.77. The van der Waals surface area contributed by atoms with Gasteiger partial charge in [0.05, 0.1) is 0 Å². The second-order valence-electron chi connectivity index (χ2n) is 3.36. The number of hydrogen-bond acceptors (Lipinski definition) is 0. The van der Waals surface area contributed by atoms with E-state index in [1.165, 1.54) is 17.5 Å². The smallest absolute Gasteiger partial charge is 0.0121 e. The second-order valence-corrected chi connectivity index (χ2v) is 4.48. The molecule has 1 aromatic rings. The topological polar surface area (TPSA) is 0 Å². The molecule has 1 rings (SSSR count). The van der Waals surface area contributed by atoms with E-state index in [9.17, 15) is 0 Å². The summed E-state index contributed by atoms with van der Waals surface area (Å²) in [5.74, 6) is 0. The van der Waals surface area contributed by atoms with Gasteiger partial charge in [-0.25, -0.2) is 0 Å². The van der Waals surface area contributed by atoms with Crippen molar-refractivity contribution in [3.8, 4) is 0 Å². The zero-order chi connectivity index (χ0) is 9.68. The minimum absolute atomic E-state index is 1.06. The van der Waals surface area contributed by atoms with Crippen molar-refractivity contribution in [3.05, 3.63) is 46.5 Å². The lowest BCUT2D eigenvalue weighted by Crippen LogP contribution is -1.85. The number of halogens is 1. The molecule has 0 aromatic heterocycles. The van der Waals surface area contributed by atoms with Gasteiger partial charge in [0.1, 0.15) is 0 Å². The van der Waals surface area contributed by atoms with Crippen molar-refractivity contribution in [1.29, 1.82) is 0 Å². The Morgan fingerprint density at radius 3 is 2.85 bits per heavy atom. The van der Waals surface area contributed by atoms with E-state index in [0.717, 1.165) is 17.3 Å². The number of aryl methyl sites for hydroxylation is 2. The van der Waals surface area contributed by atoms with E-state index in [1.807, 2.05) is 0 Å². The van der Waals surface area contributed by atoms with Gasteiger partial charge in [0.25, 0.3) is 0 Å². The Labute approximate surface area is 88.8 Å². The molecule has 0 saturated heterocycles. The third-order valence-electron chi connectivity index (χ3n) is 2.00. The third-order valence-corrected chi connectivity index (χ3v) is 2.39. The summed E-state index contributed by atoms with van der Waals surface area (Å²) in [6, 6.07) is 8.68. The van der Waals surface area contributed by atoms with Crippen molar-refractivity contribution in [2.24, 2.45) is 0 Å². The van der Waals surface area contributed by atoms with E-state index in [0.29, 0.717) is 0 Å². The average molecular weight is 239 g/mol. The van der Waals surface area contributed by atoms with E-state index < -0.39 is 0 Å². The van der Waals surface area contributed by atoms with Gasteiger partial charge >= 0.3 is 0 Å². The Bertz CT molecular complexity index is 289. The van der Waals surface area contributed by atoms with E-state index in [4.69, 9.17) is 0 Å². The van der Waals surface area contributed by atoms with Gasteiger partial charge < -0.3 is 0 Å². The van der Waals surface area contributed by atoms with Crippen LogP contribution in [-0.4, -0.2) is 0 Å². The second kappa shape index (κ2) is 5.23. The molecular weight excluding hydrogens is 224 g/mol. The summed E-state index contributed by atoms with van der Waals surface area (Å²) >= 11 is 3.37. The monoisotopic (exact) mass is 238 g/mol. The highest BCUT2D eigenvalue weighted by molar-refractivity contribution is 9.11. The zero-order valence-corrected chi connectivity index (χ0v) is 9.60. The summed E-state index contributed by atoms with van der Waals surface area (Å²) in [7, 11) is 0. The Balaban J connectivity index is 2.41. The quantitative estimate of drug-likeness (QED) is 0.737. The third kappa shape index (κ3) is 4.28. The molecule has 1 aromatic carbocycles. The van der Waals surface area contributed by atoms with Crippen molar-refractivity contribution < 1.29 is 0 Å². The normalized spacial score (nSPS) is 10.0. The SMILES string of the molecule is C=C(Br)CCCc1cccc(C)c1. The maximum absolute atomic E-state index is 3.82. The largest absolute Gasteiger partial charge is 0.0889 e. The zero-order valence-electron chi connectivity index (χ0n) is 8.02.